The van der Waals surface area contributed by atoms with Crippen LogP contribution in [-0.2, 0) is 4.74 Å². The number of hydrogen-bond acceptors (Lipinski definition) is 5. The number of aromatic nitrogens is 2. The number of hydrogen-bond donors (Lipinski definition) is 2. The van der Waals surface area contributed by atoms with Gasteiger partial charge in [0.15, 0.2) is 0 Å². The molecule has 20 heavy (non-hydrogen) atoms. The van der Waals surface area contributed by atoms with Gasteiger partial charge >= 0.3 is 6.09 Å². The Morgan fingerprint density at radius 2 is 2.10 bits per heavy atom. The Hall–Kier alpha value is -1.69. The van der Waals surface area contributed by atoms with Gasteiger partial charge in [0.25, 0.3) is 0 Å². The Bertz CT molecular complexity index is 444. The number of amides is 1. The molecule has 0 bridgehead atoms. The van der Waals surface area contributed by atoms with Crippen LogP contribution in [0.1, 0.15) is 45.2 Å². The summed E-state index contributed by atoms with van der Waals surface area (Å²) in [4.78, 5) is 20.0. The lowest BCUT2D eigenvalue weighted by Gasteiger charge is -2.33. The van der Waals surface area contributed by atoms with Crippen molar-refractivity contribution in [2.75, 3.05) is 6.54 Å². The molecule has 1 aliphatic heterocycles. The van der Waals surface area contributed by atoms with E-state index in [1.807, 2.05) is 20.8 Å². The van der Waals surface area contributed by atoms with Crippen molar-refractivity contribution < 1.29 is 9.53 Å². The zero-order chi connectivity index (χ0) is 14.6. The molecule has 2 atom stereocenters. The van der Waals surface area contributed by atoms with E-state index in [1.165, 1.54) is 6.33 Å². The summed E-state index contributed by atoms with van der Waals surface area (Å²) in [7, 11) is 0. The maximum absolute atomic E-state index is 11.9. The monoisotopic (exact) mass is 278 g/mol. The standard InChI is InChI=1S/C14H22N4O2/c1-14(2,3)20-13(19)18-11-5-4-6-17-12(11)10-7-15-9-16-8-10/h7-9,11-12,17H,4-6H2,1-3H3,(H,18,19)/t11-,12+/m1/s1. The minimum atomic E-state index is -0.489. The van der Waals surface area contributed by atoms with Gasteiger partial charge in [0.2, 0.25) is 0 Å². The number of carbonyl (C=O) groups is 1. The smallest absolute Gasteiger partial charge is 0.407 e. The largest absolute Gasteiger partial charge is 0.444 e. The summed E-state index contributed by atoms with van der Waals surface area (Å²) in [5, 5.41) is 6.35. The van der Waals surface area contributed by atoms with E-state index in [9.17, 15) is 4.79 Å². The average molecular weight is 278 g/mol. The highest BCUT2D eigenvalue weighted by atomic mass is 16.6. The molecule has 0 radical (unpaired) electrons. The van der Waals surface area contributed by atoms with E-state index in [-0.39, 0.29) is 18.2 Å². The third-order valence-electron chi connectivity index (χ3n) is 3.10. The summed E-state index contributed by atoms with van der Waals surface area (Å²) in [5.41, 5.74) is 0.491. The highest BCUT2D eigenvalue weighted by Crippen LogP contribution is 2.23. The van der Waals surface area contributed by atoms with Crippen molar-refractivity contribution in [3.8, 4) is 0 Å². The molecule has 0 unspecified atom stereocenters. The Kier molecular flexibility index (Phi) is 4.54. The minimum absolute atomic E-state index is 0.00963. The molecule has 2 N–H and O–H groups in total. The van der Waals surface area contributed by atoms with Crippen LogP contribution >= 0.6 is 0 Å². The van der Waals surface area contributed by atoms with Crippen LogP contribution in [0.4, 0.5) is 4.79 Å². The fourth-order valence-corrected chi connectivity index (χ4v) is 2.32. The number of carbonyl (C=O) groups excluding carboxylic acids is 1. The van der Waals surface area contributed by atoms with Crippen LogP contribution in [0.5, 0.6) is 0 Å². The molecule has 2 heterocycles. The Morgan fingerprint density at radius 1 is 1.40 bits per heavy atom. The molecule has 1 aliphatic rings. The Morgan fingerprint density at radius 3 is 2.75 bits per heavy atom. The third kappa shape index (κ3) is 4.16. The number of ether oxygens (including phenoxy) is 1. The molecule has 1 aromatic rings. The van der Waals surface area contributed by atoms with Crippen LogP contribution in [0.25, 0.3) is 0 Å². The van der Waals surface area contributed by atoms with Crippen LogP contribution in [0.15, 0.2) is 18.7 Å². The highest BCUT2D eigenvalue weighted by Gasteiger charge is 2.29. The lowest BCUT2D eigenvalue weighted by molar-refractivity contribution is 0.0481. The van der Waals surface area contributed by atoms with Gasteiger partial charge in [0, 0.05) is 18.0 Å². The van der Waals surface area contributed by atoms with Gasteiger partial charge in [-0.2, -0.15) is 0 Å². The number of piperidine rings is 1. The van der Waals surface area contributed by atoms with E-state index in [0.717, 1.165) is 24.9 Å². The van der Waals surface area contributed by atoms with Crippen LogP contribution in [0.3, 0.4) is 0 Å². The first-order valence-electron chi connectivity index (χ1n) is 6.93. The van der Waals surface area contributed by atoms with E-state index in [4.69, 9.17) is 4.74 Å². The molecule has 1 aromatic heterocycles. The van der Waals surface area contributed by atoms with Crippen molar-refractivity contribution in [2.45, 2.75) is 51.3 Å². The molecule has 1 saturated heterocycles. The van der Waals surface area contributed by atoms with Gasteiger partial charge < -0.3 is 15.4 Å². The number of nitrogens with one attached hydrogen (secondary N) is 2. The van der Waals surface area contributed by atoms with Crippen molar-refractivity contribution in [3.05, 3.63) is 24.3 Å². The maximum Gasteiger partial charge on any atom is 0.407 e. The van der Waals surface area contributed by atoms with Gasteiger partial charge in [0.1, 0.15) is 11.9 Å². The van der Waals surface area contributed by atoms with E-state index < -0.39 is 5.60 Å². The zero-order valence-corrected chi connectivity index (χ0v) is 12.2. The van der Waals surface area contributed by atoms with Gasteiger partial charge in [-0.15, -0.1) is 0 Å². The molecule has 0 aliphatic carbocycles. The predicted octanol–water partition coefficient (Wildman–Crippen LogP) is 1.79. The van der Waals surface area contributed by atoms with Gasteiger partial charge in [-0.3, -0.25) is 0 Å². The molecule has 6 heteroatoms. The minimum Gasteiger partial charge on any atom is -0.444 e. The van der Waals surface area contributed by atoms with Crippen molar-refractivity contribution >= 4 is 6.09 Å². The molecule has 2 rings (SSSR count). The predicted molar refractivity (Wildman–Crippen MR) is 75.2 cm³/mol. The molecule has 0 saturated carbocycles. The first kappa shape index (κ1) is 14.7. The second-order valence-electron chi connectivity index (χ2n) is 6.00. The normalized spacial score (nSPS) is 23.1. The van der Waals surface area contributed by atoms with Crippen LogP contribution in [0.2, 0.25) is 0 Å². The summed E-state index contributed by atoms with van der Waals surface area (Å²) >= 11 is 0. The Labute approximate surface area is 119 Å². The summed E-state index contributed by atoms with van der Waals surface area (Å²) in [5.74, 6) is 0. The van der Waals surface area contributed by atoms with Gasteiger partial charge in [0.05, 0.1) is 12.1 Å². The molecular weight excluding hydrogens is 256 g/mol. The first-order chi connectivity index (χ1) is 9.46. The fourth-order valence-electron chi connectivity index (χ4n) is 2.32. The number of nitrogens with zero attached hydrogens (tertiary/aromatic N) is 2. The van der Waals surface area contributed by atoms with E-state index in [1.54, 1.807) is 12.4 Å². The topological polar surface area (TPSA) is 76.1 Å². The number of rotatable bonds is 2. The van der Waals surface area contributed by atoms with Crippen molar-refractivity contribution in [1.29, 1.82) is 0 Å². The molecule has 0 spiro atoms. The van der Waals surface area contributed by atoms with Crippen molar-refractivity contribution in [1.82, 2.24) is 20.6 Å². The molecule has 1 amide bonds. The Balaban J connectivity index is 2.03. The highest BCUT2D eigenvalue weighted by molar-refractivity contribution is 5.68. The van der Waals surface area contributed by atoms with Gasteiger partial charge in [-0.05, 0) is 40.2 Å². The summed E-state index contributed by atoms with van der Waals surface area (Å²) in [6.07, 6.45) is 6.60. The molecule has 1 fully saturated rings. The maximum atomic E-state index is 11.9. The van der Waals surface area contributed by atoms with E-state index in [2.05, 4.69) is 20.6 Å². The van der Waals surface area contributed by atoms with Crippen LogP contribution in [-0.4, -0.2) is 34.2 Å². The zero-order valence-electron chi connectivity index (χ0n) is 12.2. The molecule has 0 aromatic carbocycles. The van der Waals surface area contributed by atoms with Gasteiger partial charge in [-0.1, -0.05) is 0 Å². The van der Waals surface area contributed by atoms with Crippen LogP contribution < -0.4 is 10.6 Å². The van der Waals surface area contributed by atoms with Crippen molar-refractivity contribution in [3.63, 3.8) is 0 Å². The summed E-state index contributed by atoms with van der Waals surface area (Å²) in [6.45, 7) is 6.49. The van der Waals surface area contributed by atoms with E-state index >= 15 is 0 Å². The summed E-state index contributed by atoms with van der Waals surface area (Å²) < 4.78 is 5.32. The third-order valence-corrected chi connectivity index (χ3v) is 3.10. The fraction of sp³-hybridized carbons (Fsp3) is 0.643. The average Bonchev–Trinajstić information content (AvgIpc) is 2.38. The lowest BCUT2D eigenvalue weighted by atomic mass is 9.94. The first-order valence-corrected chi connectivity index (χ1v) is 6.93. The van der Waals surface area contributed by atoms with Crippen LogP contribution in [0, 0.1) is 0 Å². The second-order valence-corrected chi connectivity index (χ2v) is 6.00. The van der Waals surface area contributed by atoms with Crippen molar-refractivity contribution in [2.24, 2.45) is 0 Å². The van der Waals surface area contributed by atoms with Gasteiger partial charge in [-0.25, -0.2) is 14.8 Å². The van der Waals surface area contributed by atoms with E-state index in [0.29, 0.717) is 0 Å². The molecule has 6 nitrogen and oxygen atoms in total. The SMILES string of the molecule is CC(C)(C)OC(=O)N[C@@H]1CCCN[C@H]1c1cncnc1. The number of alkyl carbamates (subject to hydrolysis) is 1. The molecule has 110 valence electrons. The quantitative estimate of drug-likeness (QED) is 0.862. The lowest BCUT2D eigenvalue weighted by Crippen LogP contribution is -2.49. The summed E-state index contributed by atoms with van der Waals surface area (Å²) in [6, 6.07) is 0.0158. The molecular formula is C14H22N4O2. The second kappa shape index (κ2) is 6.17.